The summed E-state index contributed by atoms with van der Waals surface area (Å²) in [6.45, 7) is 10.1. The van der Waals surface area contributed by atoms with Gasteiger partial charge in [0.1, 0.15) is 23.6 Å². The van der Waals surface area contributed by atoms with Gasteiger partial charge in [-0.3, -0.25) is 4.79 Å². The molecular formula is C26H36FN7O. The molecule has 0 unspecified atom stereocenters. The fraction of sp³-hybridized carbons (Fsp3) is 0.577. The molecule has 0 radical (unpaired) electrons. The lowest BCUT2D eigenvalue weighted by atomic mass is 10.1. The van der Waals surface area contributed by atoms with Crippen LogP contribution in [0, 0.1) is 6.92 Å². The average Bonchev–Trinajstić information content (AvgIpc) is 3.30. The number of amides is 1. The quantitative estimate of drug-likeness (QED) is 0.703. The van der Waals surface area contributed by atoms with Crippen LogP contribution < -0.4 is 25.3 Å². The van der Waals surface area contributed by atoms with Crippen LogP contribution in [0.25, 0.3) is 0 Å². The first-order chi connectivity index (χ1) is 16.9. The maximum Gasteiger partial charge on any atom is 0.250 e. The highest BCUT2D eigenvalue weighted by Crippen LogP contribution is 2.33. The number of aromatic nitrogens is 2. The topological polar surface area (TPSA) is 81.8 Å². The van der Waals surface area contributed by atoms with Crippen LogP contribution in [0.5, 0.6) is 0 Å². The molecule has 3 fully saturated rings. The Morgan fingerprint density at radius 2 is 1.63 bits per heavy atom. The number of hydrogen-bond donors (Lipinski definition) is 1. The third-order valence-electron chi connectivity index (χ3n) is 7.66. The Labute approximate surface area is 206 Å². The molecule has 0 spiro atoms. The van der Waals surface area contributed by atoms with E-state index in [1.54, 1.807) is 6.20 Å². The Morgan fingerprint density at radius 3 is 2.26 bits per heavy atom. The molecule has 9 heteroatoms. The number of piperidine rings is 1. The van der Waals surface area contributed by atoms with Crippen molar-refractivity contribution in [2.75, 3.05) is 65.4 Å². The molecule has 2 aromatic heterocycles. The minimum absolute atomic E-state index is 0.436. The third kappa shape index (κ3) is 4.99. The van der Waals surface area contributed by atoms with Crippen molar-refractivity contribution in [3.8, 4) is 0 Å². The Bertz CT molecular complexity index is 1060. The molecule has 0 saturated carbocycles. The number of halogens is 1. The van der Waals surface area contributed by atoms with E-state index in [4.69, 9.17) is 10.7 Å². The zero-order valence-electron chi connectivity index (χ0n) is 20.8. The molecule has 3 aliphatic rings. The molecule has 3 saturated heterocycles. The van der Waals surface area contributed by atoms with Gasteiger partial charge in [-0.1, -0.05) is 0 Å². The van der Waals surface area contributed by atoms with Gasteiger partial charge in [0.15, 0.2) is 0 Å². The van der Waals surface area contributed by atoms with Crippen LogP contribution in [0.3, 0.4) is 0 Å². The number of primary amides is 1. The molecule has 1 atom stereocenters. The van der Waals surface area contributed by atoms with Gasteiger partial charge in [-0.05, 0) is 51.2 Å². The minimum atomic E-state index is -0.687. The summed E-state index contributed by atoms with van der Waals surface area (Å²) in [4.78, 5) is 30.4. The summed E-state index contributed by atoms with van der Waals surface area (Å²) >= 11 is 0. The first-order valence-corrected chi connectivity index (χ1v) is 12.8. The molecule has 3 aliphatic heterocycles. The summed E-state index contributed by atoms with van der Waals surface area (Å²) in [6.07, 6.45) is 4.43. The van der Waals surface area contributed by atoms with Crippen molar-refractivity contribution in [2.24, 2.45) is 5.73 Å². The fourth-order valence-electron chi connectivity index (χ4n) is 5.54. The predicted octanol–water partition coefficient (Wildman–Crippen LogP) is 3.14. The summed E-state index contributed by atoms with van der Waals surface area (Å²) in [6, 6.07) is 6.68. The van der Waals surface area contributed by atoms with Gasteiger partial charge in [-0.2, -0.15) is 0 Å². The number of alkyl halides is 1. The molecule has 35 heavy (non-hydrogen) atoms. The van der Waals surface area contributed by atoms with Crippen molar-refractivity contribution in [2.45, 2.75) is 51.7 Å². The van der Waals surface area contributed by atoms with Gasteiger partial charge in [-0.15, -0.1) is 0 Å². The standard InChI is InChI=1S/C26H36FN7O/c1-18-14-20(25(28)35)17-29-26(18)33-12-10-32(11-13-33)23-15-22(31-8-5-21(27)6-9-31)16-24(30-23)34-7-3-4-19(34)2/h14-17,19,21H,3-13H2,1-2H3,(H2,28,35)/t19-/m0/s1. The zero-order chi connectivity index (χ0) is 24.5. The summed E-state index contributed by atoms with van der Waals surface area (Å²) in [5.74, 6) is 2.47. The van der Waals surface area contributed by atoms with E-state index in [0.717, 1.165) is 74.5 Å². The largest absolute Gasteiger partial charge is 0.371 e. The first kappa shape index (κ1) is 23.6. The van der Waals surface area contributed by atoms with Gasteiger partial charge in [0.2, 0.25) is 5.91 Å². The second-order valence-corrected chi connectivity index (χ2v) is 10.1. The van der Waals surface area contributed by atoms with Gasteiger partial charge in [0, 0.05) is 75.9 Å². The van der Waals surface area contributed by atoms with E-state index in [1.165, 1.54) is 12.8 Å². The van der Waals surface area contributed by atoms with Gasteiger partial charge in [0.25, 0.3) is 0 Å². The Kier molecular flexibility index (Phi) is 6.67. The minimum Gasteiger partial charge on any atom is -0.371 e. The van der Waals surface area contributed by atoms with Crippen LogP contribution in [0.2, 0.25) is 0 Å². The molecule has 2 N–H and O–H groups in total. The molecule has 1 amide bonds. The van der Waals surface area contributed by atoms with Crippen molar-refractivity contribution in [1.29, 1.82) is 0 Å². The SMILES string of the molecule is Cc1cc(C(N)=O)cnc1N1CCN(c2cc(N3CCC(F)CC3)cc(N3CCC[C@@H]3C)n2)CC1. The maximum atomic E-state index is 13.8. The number of nitrogens with zero attached hydrogens (tertiary/aromatic N) is 6. The lowest BCUT2D eigenvalue weighted by Gasteiger charge is -2.38. The molecule has 188 valence electrons. The number of carbonyl (C=O) groups is 1. The second kappa shape index (κ2) is 9.87. The molecule has 2 aromatic rings. The van der Waals surface area contributed by atoms with Crippen LogP contribution in [-0.2, 0) is 0 Å². The van der Waals surface area contributed by atoms with Crippen molar-refractivity contribution in [3.63, 3.8) is 0 Å². The number of rotatable bonds is 5. The zero-order valence-corrected chi connectivity index (χ0v) is 20.8. The van der Waals surface area contributed by atoms with E-state index in [2.05, 4.69) is 43.6 Å². The fourth-order valence-corrected chi connectivity index (χ4v) is 5.54. The van der Waals surface area contributed by atoms with E-state index in [-0.39, 0.29) is 0 Å². The van der Waals surface area contributed by atoms with E-state index in [9.17, 15) is 9.18 Å². The van der Waals surface area contributed by atoms with Gasteiger partial charge in [-0.25, -0.2) is 14.4 Å². The highest BCUT2D eigenvalue weighted by molar-refractivity contribution is 5.92. The van der Waals surface area contributed by atoms with Crippen LogP contribution in [-0.4, -0.2) is 73.9 Å². The van der Waals surface area contributed by atoms with E-state index < -0.39 is 12.1 Å². The van der Waals surface area contributed by atoms with E-state index in [1.807, 2.05) is 13.0 Å². The summed E-state index contributed by atoms with van der Waals surface area (Å²) in [5.41, 5.74) is 7.94. The lowest BCUT2D eigenvalue weighted by Crippen LogP contribution is -2.47. The number of anilines is 4. The number of aryl methyl sites for hydroxylation is 1. The molecule has 0 bridgehead atoms. The monoisotopic (exact) mass is 481 g/mol. The number of nitrogens with two attached hydrogens (primary N) is 1. The molecular weight excluding hydrogens is 445 g/mol. The van der Waals surface area contributed by atoms with Crippen LogP contribution >= 0.6 is 0 Å². The number of hydrogen-bond acceptors (Lipinski definition) is 7. The molecule has 0 aromatic carbocycles. The lowest BCUT2D eigenvalue weighted by molar-refractivity contribution is 0.1000. The molecule has 0 aliphatic carbocycles. The summed E-state index contributed by atoms with van der Waals surface area (Å²) in [5, 5.41) is 0. The van der Waals surface area contributed by atoms with Gasteiger partial charge < -0.3 is 25.3 Å². The smallest absolute Gasteiger partial charge is 0.250 e. The number of pyridine rings is 2. The van der Waals surface area contributed by atoms with Crippen molar-refractivity contribution in [3.05, 3.63) is 35.5 Å². The highest BCUT2D eigenvalue weighted by Gasteiger charge is 2.27. The van der Waals surface area contributed by atoms with Crippen LogP contribution in [0.1, 0.15) is 48.5 Å². The maximum absolute atomic E-state index is 13.8. The molecule has 5 heterocycles. The Morgan fingerprint density at radius 1 is 0.943 bits per heavy atom. The van der Waals surface area contributed by atoms with Crippen molar-refractivity contribution in [1.82, 2.24) is 9.97 Å². The van der Waals surface area contributed by atoms with Crippen molar-refractivity contribution < 1.29 is 9.18 Å². The van der Waals surface area contributed by atoms with Gasteiger partial charge >= 0.3 is 0 Å². The molecule has 8 nitrogen and oxygen atoms in total. The number of piperazine rings is 1. The van der Waals surface area contributed by atoms with E-state index in [0.29, 0.717) is 24.4 Å². The summed E-state index contributed by atoms with van der Waals surface area (Å²) in [7, 11) is 0. The van der Waals surface area contributed by atoms with Crippen LogP contribution in [0.4, 0.5) is 27.5 Å². The average molecular weight is 482 g/mol. The highest BCUT2D eigenvalue weighted by atomic mass is 19.1. The Hall–Kier alpha value is -3.10. The predicted molar refractivity (Wildman–Crippen MR) is 139 cm³/mol. The van der Waals surface area contributed by atoms with Crippen LogP contribution in [0.15, 0.2) is 24.4 Å². The molecule has 5 rings (SSSR count). The van der Waals surface area contributed by atoms with Crippen molar-refractivity contribution >= 4 is 29.0 Å². The second-order valence-electron chi connectivity index (χ2n) is 10.1. The Balaban J connectivity index is 1.35. The normalized spacial score (nSPS) is 21.6. The first-order valence-electron chi connectivity index (χ1n) is 12.8. The number of carbonyl (C=O) groups excluding carboxylic acids is 1. The summed E-state index contributed by atoms with van der Waals surface area (Å²) < 4.78 is 13.8. The third-order valence-corrected chi connectivity index (χ3v) is 7.66. The van der Waals surface area contributed by atoms with Gasteiger partial charge in [0.05, 0.1) is 5.56 Å². The van der Waals surface area contributed by atoms with E-state index >= 15 is 0 Å².